The predicted octanol–water partition coefficient (Wildman–Crippen LogP) is 2.65. The van der Waals surface area contributed by atoms with E-state index in [1.165, 1.54) is 3.61 Å². The molecule has 0 fully saturated rings. The van der Waals surface area contributed by atoms with E-state index in [4.69, 9.17) is 0 Å². The van der Waals surface area contributed by atoms with Gasteiger partial charge in [0.15, 0.2) is 0 Å². The van der Waals surface area contributed by atoms with Crippen molar-refractivity contribution in [2.24, 2.45) is 0 Å². The van der Waals surface area contributed by atoms with Gasteiger partial charge in [0, 0.05) is 0 Å². The average molecular weight is 350 g/mol. The van der Waals surface area contributed by atoms with Crippen LogP contribution in [-0.2, 0) is 4.79 Å². The molecule has 0 unspecified atom stereocenters. The van der Waals surface area contributed by atoms with Gasteiger partial charge in [-0.05, 0) is 0 Å². The number of benzene rings is 2. The number of carbonyl (C=O) groups excluding carboxylic acids is 1. The Balaban J connectivity index is 1.84. The number of hydrogen-bond donors (Lipinski definition) is 0. The predicted molar refractivity (Wildman–Crippen MR) is 76.9 cm³/mol. The van der Waals surface area contributed by atoms with Crippen molar-refractivity contribution in [3.8, 4) is 0 Å². The molecule has 0 saturated heterocycles. The molecule has 0 N–H and O–H groups in total. The summed E-state index contributed by atoms with van der Waals surface area (Å²) < 4.78 is 1.58. The fourth-order valence-corrected chi connectivity index (χ4v) is 3.62. The topological polar surface area (TPSA) is 17.1 Å². The van der Waals surface area contributed by atoms with E-state index >= 15 is 0 Å². The Kier molecular flexibility index (Phi) is 5.20. The third kappa shape index (κ3) is 4.49. The Labute approximate surface area is 118 Å². The van der Waals surface area contributed by atoms with E-state index in [9.17, 15) is 4.79 Å². The summed E-state index contributed by atoms with van der Waals surface area (Å²) >= 11 is -0.695. The van der Waals surface area contributed by atoms with E-state index < -0.39 is 20.9 Å². The molecule has 0 amide bonds. The normalized spacial score (nSPS) is 10.7. The Morgan fingerprint density at radius 3 is 2.22 bits per heavy atom. The molecule has 0 aliphatic carbocycles. The van der Waals surface area contributed by atoms with Gasteiger partial charge in [-0.15, -0.1) is 0 Å². The molecule has 0 radical (unpaired) electrons. The van der Waals surface area contributed by atoms with Gasteiger partial charge in [0.1, 0.15) is 0 Å². The fraction of sp³-hybridized carbons (Fsp3) is 0.0625. The van der Waals surface area contributed by atoms with Crippen molar-refractivity contribution in [3.63, 3.8) is 0 Å². The number of carbonyl (C=O) groups is 1. The van der Waals surface area contributed by atoms with Crippen LogP contribution in [0.15, 0.2) is 66.7 Å². The van der Waals surface area contributed by atoms with Gasteiger partial charge in [0.05, 0.1) is 0 Å². The second-order valence-electron chi connectivity index (χ2n) is 3.80. The van der Waals surface area contributed by atoms with Crippen molar-refractivity contribution in [1.29, 1.82) is 0 Å². The third-order valence-corrected chi connectivity index (χ3v) is 4.94. The Bertz CT molecular complexity index is 517. The SMILES string of the molecule is O=C(C/C=C/c1ccccc1)[Te]c1ccccc1. The van der Waals surface area contributed by atoms with Crippen LogP contribution < -0.4 is 3.61 Å². The summed E-state index contributed by atoms with van der Waals surface area (Å²) in [7, 11) is 0. The molecule has 0 aliphatic heterocycles. The van der Waals surface area contributed by atoms with Gasteiger partial charge in [-0.25, -0.2) is 0 Å². The molecular weight excluding hydrogens is 336 g/mol. The first kappa shape index (κ1) is 13.1. The van der Waals surface area contributed by atoms with E-state index in [2.05, 4.69) is 0 Å². The summed E-state index contributed by atoms with van der Waals surface area (Å²) in [6.45, 7) is 0. The molecule has 0 atom stereocenters. The maximum atomic E-state index is 11.8. The summed E-state index contributed by atoms with van der Waals surface area (Å²) in [6, 6.07) is 20.1. The van der Waals surface area contributed by atoms with Crippen LogP contribution in [-0.4, -0.2) is 24.8 Å². The molecule has 0 spiro atoms. The van der Waals surface area contributed by atoms with Crippen molar-refractivity contribution in [2.75, 3.05) is 0 Å². The van der Waals surface area contributed by atoms with Gasteiger partial charge in [-0.3, -0.25) is 0 Å². The summed E-state index contributed by atoms with van der Waals surface area (Å²) in [5, 5.41) is 0. The van der Waals surface area contributed by atoms with Crippen LogP contribution in [0.1, 0.15) is 12.0 Å². The molecule has 2 heteroatoms. The van der Waals surface area contributed by atoms with Crippen LogP contribution in [0.25, 0.3) is 6.08 Å². The van der Waals surface area contributed by atoms with Gasteiger partial charge < -0.3 is 0 Å². The van der Waals surface area contributed by atoms with Gasteiger partial charge in [-0.2, -0.15) is 0 Å². The standard InChI is InChI=1S/C16H14OTe/c17-16(18-15-11-5-2-6-12-15)13-7-10-14-8-3-1-4-9-14/h1-12H,13H2/b10-7+. The molecule has 0 heterocycles. The fourth-order valence-electron chi connectivity index (χ4n) is 1.52. The number of hydrogen-bond acceptors (Lipinski definition) is 1. The summed E-state index contributed by atoms with van der Waals surface area (Å²) in [6.07, 6.45) is 4.52. The van der Waals surface area contributed by atoms with Crippen molar-refractivity contribution >= 4 is 34.4 Å². The van der Waals surface area contributed by atoms with Crippen LogP contribution in [0, 0.1) is 0 Å². The Morgan fingerprint density at radius 2 is 1.56 bits per heavy atom. The zero-order valence-corrected chi connectivity index (χ0v) is 12.3. The van der Waals surface area contributed by atoms with Crippen molar-refractivity contribution in [2.45, 2.75) is 6.42 Å². The van der Waals surface area contributed by atoms with E-state index in [1.54, 1.807) is 0 Å². The maximum absolute atomic E-state index is 11.8. The minimum atomic E-state index is -0.695. The summed E-state index contributed by atoms with van der Waals surface area (Å²) in [5.74, 6) is 0. The molecule has 0 bridgehead atoms. The molecule has 2 aromatic carbocycles. The van der Waals surface area contributed by atoms with E-state index in [0.29, 0.717) is 10.3 Å². The first-order valence-corrected chi connectivity index (χ1v) is 8.15. The zero-order chi connectivity index (χ0) is 12.6. The molecule has 0 aliphatic rings. The average Bonchev–Trinajstić information content (AvgIpc) is 2.41. The summed E-state index contributed by atoms with van der Waals surface area (Å²) in [4.78, 5) is 11.8. The first-order valence-electron chi connectivity index (χ1n) is 5.82. The van der Waals surface area contributed by atoms with Crippen LogP contribution in [0.5, 0.6) is 0 Å². The molecule has 2 aromatic rings. The third-order valence-electron chi connectivity index (χ3n) is 2.37. The Morgan fingerprint density at radius 1 is 0.944 bits per heavy atom. The van der Waals surface area contributed by atoms with Crippen molar-refractivity contribution < 1.29 is 4.79 Å². The van der Waals surface area contributed by atoms with E-state index in [0.717, 1.165) is 5.56 Å². The van der Waals surface area contributed by atoms with Gasteiger partial charge >= 0.3 is 118 Å². The molecule has 0 aromatic heterocycles. The number of rotatable bonds is 5. The zero-order valence-electron chi connectivity index (χ0n) is 9.95. The molecule has 1 nitrogen and oxygen atoms in total. The van der Waals surface area contributed by atoms with Gasteiger partial charge in [-0.1, -0.05) is 0 Å². The Hall–Kier alpha value is -1.36. The summed E-state index contributed by atoms with van der Waals surface area (Å²) in [5.41, 5.74) is 1.14. The van der Waals surface area contributed by atoms with Crippen LogP contribution in [0.2, 0.25) is 0 Å². The van der Waals surface area contributed by atoms with Crippen LogP contribution >= 0.6 is 0 Å². The van der Waals surface area contributed by atoms with E-state index in [1.807, 2.05) is 72.8 Å². The molecule has 0 saturated carbocycles. The van der Waals surface area contributed by atoms with E-state index in [-0.39, 0.29) is 0 Å². The minimum absolute atomic E-state index is 0.374. The van der Waals surface area contributed by atoms with Crippen molar-refractivity contribution in [3.05, 3.63) is 72.3 Å². The number of allylic oxidation sites excluding steroid dienone is 1. The molecule has 90 valence electrons. The molecule has 2 rings (SSSR count). The second kappa shape index (κ2) is 7.16. The van der Waals surface area contributed by atoms with Gasteiger partial charge in [0.2, 0.25) is 0 Å². The van der Waals surface area contributed by atoms with Crippen LogP contribution in [0.4, 0.5) is 0 Å². The first-order chi connectivity index (χ1) is 8.84. The molecular formula is C16H14OTe. The molecule has 18 heavy (non-hydrogen) atoms. The van der Waals surface area contributed by atoms with Crippen LogP contribution in [0.3, 0.4) is 0 Å². The van der Waals surface area contributed by atoms with Crippen molar-refractivity contribution in [1.82, 2.24) is 0 Å². The van der Waals surface area contributed by atoms with Gasteiger partial charge in [0.25, 0.3) is 0 Å². The monoisotopic (exact) mass is 352 g/mol. The second-order valence-corrected chi connectivity index (χ2v) is 7.03. The quantitative estimate of drug-likeness (QED) is 0.758.